The van der Waals surface area contributed by atoms with E-state index in [2.05, 4.69) is 25.3 Å². The number of benzene rings is 1. The van der Waals surface area contributed by atoms with Gasteiger partial charge in [-0.3, -0.25) is 19.5 Å². The van der Waals surface area contributed by atoms with E-state index in [-0.39, 0.29) is 34.9 Å². The predicted octanol–water partition coefficient (Wildman–Crippen LogP) is 0.161. The first-order valence-electron chi connectivity index (χ1n) is 17.8. The molecule has 2 saturated heterocycles. The smallest absolute Gasteiger partial charge is 0.350 e. The van der Waals surface area contributed by atoms with Crippen LogP contribution < -0.4 is 31.8 Å². The van der Waals surface area contributed by atoms with Gasteiger partial charge in [-0.25, -0.2) is 14.3 Å². The lowest BCUT2D eigenvalue weighted by atomic mass is 10.0. The van der Waals surface area contributed by atoms with E-state index in [9.17, 15) is 29.4 Å². The zero-order valence-corrected chi connectivity index (χ0v) is 32.1. The van der Waals surface area contributed by atoms with Crippen LogP contribution in [0.2, 0.25) is 0 Å². The molecule has 19 heteroatoms. The molecule has 1 unspecified atom stereocenters. The van der Waals surface area contributed by atoms with E-state index in [0.717, 1.165) is 64.2 Å². The fraction of sp³-hybridized carbons (Fsp3) is 0.351. The number of anilines is 1. The molecule has 292 valence electrons. The topological polar surface area (TPSA) is 247 Å². The lowest BCUT2D eigenvalue weighted by molar-refractivity contribution is -0.687. The van der Waals surface area contributed by atoms with Crippen LogP contribution in [0.1, 0.15) is 43.5 Å². The number of hydrogen-bond acceptors (Lipinski definition) is 13. The molecule has 1 aromatic carbocycles. The minimum Gasteiger partial charge on any atom is -0.543 e. The van der Waals surface area contributed by atoms with Gasteiger partial charge < -0.3 is 46.5 Å². The van der Waals surface area contributed by atoms with Crippen molar-refractivity contribution >= 4 is 74.4 Å². The minimum absolute atomic E-state index is 0.0151. The van der Waals surface area contributed by atoms with Gasteiger partial charge in [0.15, 0.2) is 29.8 Å². The normalized spacial score (nSPS) is 20.4. The second-order valence-electron chi connectivity index (χ2n) is 14.1. The van der Waals surface area contributed by atoms with Gasteiger partial charge in [-0.2, -0.15) is 0 Å². The summed E-state index contributed by atoms with van der Waals surface area (Å²) in [6, 6.07) is 11.1. The number of aromatic nitrogens is 3. The highest BCUT2D eigenvalue weighted by Crippen LogP contribution is 2.40. The van der Waals surface area contributed by atoms with Crippen molar-refractivity contribution < 1.29 is 38.8 Å². The molecule has 3 aromatic heterocycles. The number of piperidine rings is 1. The number of thiazole rings is 1. The number of carboxylic acids is 2. The van der Waals surface area contributed by atoms with Crippen molar-refractivity contribution in [3.8, 4) is 0 Å². The van der Waals surface area contributed by atoms with Gasteiger partial charge in [0.05, 0.1) is 28.6 Å². The van der Waals surface area contributed by atoms with Crippen molar-refractivity contribution in [3.05, 3.63) is 88.5 Å². The molecule has 0 saturated carbocycles. The van der Waals surface area contributed by atoms with E-state index in [1.807, 2.05) is 59.6 Å². The minimum atomic E-state index is -1.78. The van der Waals surface area contributed by atoms with Crippen LogP contribution in [0.4, 0.5) is 5.13 Å². The van der Waals surface area contributed by atoms with Gasteiger partial charge in [0.25, 0.3) is 11.8 Å². The number of nitrogen functional groups attached to an aromatic ring is 1. The van der Waals surface area contributed by atoms with E-state index in [4.69, 9.17) is 21.3 Å². The molecule has 0 spiro atoms. The van der Waals surface area contributed by atoms with Crippen LogP contribution in [0.25, 0.3) is 10.9 Å². The number of aliphatic imine (C=N–C) groups is 1. The van der Waals surface area contributed by atoms with E-state index in [1.165, 1.54) is 31.0 Å². The number of nitrogens with zero attached hydrogens (tertiary/aromatic N) is 6. The number of hydrogen-bond donors (Lipinski definition) is 5. The maximum Gasteiger partial charge on any atom is 0.350 e. The van der Waals surface area contributed by atoms with Gasteiger partial charge in [-0.15, -0.1) is 23.1 Å². The molecule has 0 aliphatic carbocycles. The molecule has 3 aliphatic rings. The molecular formula is C37H40N10O7S2. The van der Waals surface area contributed by atoms with Crippen LogP contribution in [0.3, 0.4) is 0 Å². The molecular weight excluding hydrogens is 761 g/mol. The molecule has 7 rings (SSSR count). The number of rotatable bonds is 13. The van der Waals surface area contributed by atoms with Crippen LogP contribution in [-0.4, -0.2) is 96.8 Å². The number of thioether (sulfide) groups is 1. The van der Waals surface area contributed by atoms with Gasteiger partial charge in [-0.1, -0.05) is 29.4 Å². The number of β-lactam (4-membered cyclic amide) rings is 1. The van der Waals surface area contributed by atoms with E-state index in [1.54, 1.807) is 0 Å². The number of aliphatic carboxylic acids is 2. The SMILES string of the molecule is CC(C)(O/N=C(\C(=O)N[C@@H]1C(=O)N2C(C(=O)[O-])=C(C[n+]3ccc4c(ccn4Cc4ccc(C(N)=NC5CCCNC5)cc4)c3)CS[C@H]12)c1csc(N)n1)C(=O)O. The van der Waals surface area contributed by atoms with Crippen LogP contribution in [0.15, 0.2) is 81.8 Å². The number of amidine groups is 1. The monoisotopic (exact) mass is 800 g/mol. The molecule has 0 radical (unpaired) electrons. The fourth-order valence-corrected chi connectivity index (χ4v) is 8.53. The van der Waals surface area contributed by atoms with E-state index >= 15 is 0 Å². The summed E-state index contributed by atoms with van der Waals surface area (Å²) in [5.74, 6) is -3.58. The molecule has 6 heterocycles. The average Bonchev–Trinajstić information content (AvgIpc) is 3.79. The Morgan fingerprint density at radius 2 is 2.00 bits per heavy atom. The van der Waals surface area contributed by atoms with Crippen molar-refractivity contribution in [1.82, 2.24) is 25.1 Å². The maximum atomic E-state index is 13.4. The number of carboxylic acid groups (broad SMARTS) is 2. The highest BCUT2D eigenvalue weighted by Gasteiger charge is 2.53. The number of oxime groups is 1. The number of nitrogens with two attached hydrogens (primary N) is 2. The second kappa shape index (κ2) is 15.8. The summed E-state index contributed by atoms with van der Waals surface area (Å²) in [6.07, 6.45) is 7.89. The summed E-state index contributed by atoms with van der Waals surface area (Å²) in [4.78, 5) is 65.9. The molecule has 2 amide bonds. The van der Waals surface area contributed by atoms with Gasteiger partial charge in [0.1, 0.15) is 22.9 Å². The summed E-state index contributed by atoms with van der Waals surface area (Å²) in [5, 5.41) is 33.4. The van der Waals surface area contributed by atoms with Gasteiger partial charge in [0.2, 0.25) is 5.60 Å². The lowest BCUT2D eigenvalue weighted by Crippen LogP contribution is -2.71. The van der Waals surface area contributed by atoms with E-state index in [0.29, 0.717) is 18.0 Å². The molecule has 7 N–H and O–H groups in total. The van der Waals surface area contributed by atoms with Gasteiger partial charge in [0, 0.05) is 47.6 Å². The quantitative estimate of drug-likeness (QED) is 0.0399. The first-order valence-corrected chi connectivity index (χ1v) is 19.7. The third-order valence-electron chi connectivity index (χ3n) is 9.72. The first-order chi connectivity index (χ1) is 26.8. The molecule has 2 fully saturated rings. The van der Waals surface area contributed by atoms with Crippen molar-refractivity contribution in [3.63, 3.8) is 0 Å². The average molecular weight is 801 g/mol. The molecule has 4 aromatic rings. The highest BCUT2D eigenvalue weighted by molar-refractivity contribution is 8.00. The highest BCUT2D eigenvalue weighted by atomic mass is 32.2. The molecule has 0 bridgehead atoms. The third kappa shape index (κ3) is 7.96. The Labute approximate surface area is 329 Å². The predicted molar refractivity (Wildman–Crippen MR) is 207 cm³/mol. The van der Waals surface area contributed by atoms with Crippen LogP contribution >= 0.6 is 23.1 Å². The van der Waals surface area contributed by atoms with Gasteiger partial charge in [-0.05, 0) is 44.9 Å². The van der Waals surface area contributed by atoms with Crippen LogP contribution in [0, 0.1) is 0 Å². The summed E-state index contributed by atoms with van der Waals surface area (Å²) in [5.41, 5.74) is 13.1. The molecule has 3 atom stereocenters. The number of fused-ring (bicyclic) bond motifs is 2. The standard InChI is InChI=1S/C37H40N10O7S2/c1-37(2,35(52)53)54-44-27(25-19-56-36(39)42-25)31(48)43-28-32(49)47-29(34(50)51)23(18-55-33(28)47)17-45-12-10-26-22(16-45)9-13-46(26)15-20-5-7-21(8-6-20)30(38)41-24-4-3-11-40-14-24/h5-10,12-13,16,19,24,28,33,40H,3-4,11,14-15,17-18H2,1-2H3,(H6-,38,39,41,42,43,48,50,51,52,53)/b44-27-/t24?,28-,33-/m1/s1. The molecule has 56 heavy (non-hydrogen) atoms. The van der Waals surface area contributed by atoms with Crippen molar-refractivity contribution in [1.29, 1.82) is 0 Å². The number of carbonyl (C=O) groups excluding carboxylic acids is 3. The van der Waals surface area contributed by atoms with Crippen LogP contribution in [-0.2, 0) is 37.1 Å². The van der Waals surface area contributed by atoms with Gasteiger partial charge >= 0.3 is 5.97 Å². The summed E-state index contributed by atoms with van der Waals surface area (Å²) >= 11 is 2.32. The Morgan fingerprint density at radius 3 is 2.68 bits per heavy atom. The summed E-state index contributed by atoms with van der Waals surface area (Å²) in [6.45, 7) is 5.17. The Bertz CT molecular complexity index is 2290. The van der Waals surface area contributed by atoms with Crippen LogP contribution in [0.5, 0.6) is 0 Å². The Kier molecular flexibility index (Phi) is 10.8. The molecule has 3 aliphatic heterocycles. The fourth-order valence-electron chi connectivity index (χ4n) is 6.64. The van der Waals surface area contributed by atoms with Crippen molar-refractivity contribution in [2.24, 2.45) is 15.9 Å². The second-order valence-corrected chi connectivity index (χ2v) is 16.1. The Balaban J connectivity index is 1.03. The Hall–Kier alpha value is -5.79. The zero-order valence-electron chi connectivity index (χ0n) is 30.5. The Morgan fingerprint density at radius 1 is 1.21 bits per heavy atom. The number of carbonyl (C=O) groups is 4. The van der Waals surface area contributed by atoms with Crippen molar-refractivity contribution in [2.75, 3.05) is 24.6 Å². The zero-order chi connectivity index (χ0) is 39.7. The maximum absolute atomic E-state index is 13.4. The van der Waals surface area contributed by atoms with E-state index < -0.39 is 46.5 Å². The molecule has 17 nitrogen and oxygen atoms in total. The van der Waals surface area contributed by atoms with Crippen molar-refractivity contribution in [2.45, 2.75) is 62.8 Å². The lowest BCUT2D eigenvalue weighted by Gasteiger charge is -2.50. The third-order valence-corrected chi connectivity index (χ3v) is 11.7. The largest absolute Gasteiger partial charge is 0.543 e. The first kappa shape index (κ1) is 38.5. The number of amides is 2. The number of pyridine rings is 1. The summed E-state index contributed by atoms with van der Waals surface area (Å²) < 4.78 is 3.98. The number of nitrogens with one attached hydrogen (secondary N) is 2. The summed E-state index contributed by atoms with van der Waals surface area (Å²) in [7, 11) is 0.